The minimum absolute atomic E-state index is 0.294. The van der Waals surface area contributed by atoms with Gasteiger partial charge < -0.3 is 5.32 Å². The predicted octanol–water partition coefficient (Wildman–Crippen LogP) is 2.61. The van der Waals surface area contributed by atoms with Gasteiger partial charge in [-0.2, -0.15) is 4.31 Å². The molecular formula is C16H21N3O3S2. The summed E-state index contributed by atoms with van der Waals surface area (Å²) in [5.41, 5.74) is 2.04. The highest BCUT2D eigenvalue weighted by Gasteiger charge is 2.34. The summed E-state index contributed by atoms with van der Waals surface area (Å²) in [6, 6.07) is 5.34. The average molecular weight is 367 g/mol. The Morgan fingerprint density at radius 2 is 2.21 bits per heavy atom. The van der Waals surface area contributed by atoms with E-state index in [1.165, 1.54) is 15.6 Å². The Morgan fingerprint density at radius 3 is 2.92 bits per heavy atom. The van der Waals surface area contributed by atoms with Crippen LogP contribution < -0.4 is 5.32 Å². The molecule has 2 aromatic rings. The molecule has 0 saturated carbocycles. The van der Waals surface area contributed by atoms with E-state index >= 15 is 0 Å². The molecule has 1 aromatic heterocycles. The van der Waals surface area contributed by atoms with E-state index in [0.717, 1.165) is 41.3 Å². The maximum absolute atomic E-state index is 12.6. The van der Waals surface area contributed by atoms with Crippen LogP contribution in [0.1, 0.15) is 31.7 Å². The third kappa shape index (κ3) is 3.45. The fourth-order valence-electron chi connectivity index (χ4n) is 3.10. The van der Waals surface area contributed by atoms with Crippen LogP contribution in [0.15, 0.2) is 18.2 Å². The molecular weight excluding hydrogens is 346 g/mol. The van der Waals surface area contributed by atoms with E-state index in [1.807, 2.05) is 18.2 Å². The number of nitrogens with zero attached hydrogens (tertiary/aromatic N) is 2. The second-order valence-electron chi connectivity index (χ2n) is 6.01. The van der Waals surface area contributed by atoms with E-state index in [0.29, 0.717) is 18.1 Å². The topological polar surface area (TPSA) is 79.4 Å². The molecule has 2 heterocycles. The number of amides is 1. The number of thiazole rings is 1. The first-order chi connectivity index (χ1) is 11.4. The molecule has 6 nitrogen and oxygen atoms in total. The quantitative estimate of drug-likeness (QED) is 0.901. The van der Waals surface area contributed by atoms with Crippen molar-refractivity contribution in [2.45, 2.75) is 38.6 Å². The minimum Gasteiger partial charge on any atom is -0.301 e. The van der Waals surface area contributed by atoms with Crippen LogP contribution in [0.4, 0.5) is 5.13 Å². The molecule has 1 N–H and O–H groups in total. The number of aryl methyl sites for hydroxylation is 1. The summed E-state index contributed by atoms with van der Waals surface area (Å²) < 4.78 is 26.1. The molecule has 1 amide bonds. The van der Waals surface area contributed by atoms with Gasteiger partial charge in [-0.05, 0) is 30.9 Å². The van der Waals surface area contributed by atoms with Gasteiger partial charge in [-0.3, -0.25) is 4.79 Å². The van der Waals surface area contributed by atoms with Crippen LogP contribution in [0.25, 0.3) is 10.2 Å². The average Bonchev–Trinajstić information content (AvgIpc) is 2.96. The van der Waals surface area contributed by atoms with Gasteiger partial charge in [-0.25, -0.2) is 13.4 Å². The summed E-state index contributed by atoms with van der Waals surface area (Å²) in [7, 11) is -3.39. The Kier molecular flexibility index (Phi) is 4.89. The molecule has 24 heavy (non-hydrogen) atoms. The second-order valence-corrected chi connectivity index (χ2v) is 8.98. The summed E-state index contributed by atoms with van der Waals surface area (Å²) in [5.74, 6) is -0.294. The zero-order chi connectivity index (χ0) is 17.3. The third-order valence-corrected chi connectivity index (χ3v) is 6.52. The van der Waals surface area contributed by atoms with Crippen LogP contribution in [-0.4, -0.2) is 42.5 Å². The number of aromatic nitrogens is 1. The van der Waals surface area contributed by atoms with E-state index in [-0.39, 0.29) is 5.91 Å². The molecule has 0 unspecified atom stereocenters. The number of fused-ring (bicyclic) bond motifs is 1. The van der Waals surface area contributed by atoms with Crippen LogP contribution in [0.3, 0.4) is 0 Å². The molecule has 1 fully saturated rings. The number of hydrogen-bond donors (Lipinski definition) is 1. The highest BCUT2D eigenvalue weighted by Crippen LogP contribution is 2.29. The Hall–Kier alpha value is -1.51. The minimum atomic E-state index is -3.39. The van der Waals surface area contributed by atoms with Crippen molar-refractivity contribution >= 4 is 42.6 Å². The standard InChI is InChI=1S/C16H21N3O3S2/c1-3-11-7-6-9-13-14(11)17-16(23-13)18-15(20)12-8-4-5-10-19(12)24(2,21)22/h6-7,9,12H,3-5,8,10H2,1-2H3,(H,17,18,20)/t12-/m1/s1. The van der Waals surface area contributed by atoms with Gasteiger partial charge >= 0.3 is 0 Å². The first-order valence-electron chi connectivity index (χ1n) is 8.06. The Labute approximate surface area is 145 Å². The Balaban J connectivity index is 1.83. The molecule has 1 aliphatic heterocycles. The van der Waals surface area contributed by atoms with Crippen LogP contribution >= 0.6 is 11.3 Å². The van der Waals surface area contributed by atoms with Gasteiger partial charge in [0.1, 0.15) is 6.04 Å². The smallest absolute Gasteiger partial charge is 0.244 e. The molecule has 0 bridgehead atoms. The first kappa shape index (κ1) is 17.3. The van der Waals surface area contributed by atoms with Crippen LogP contribution in [-0.2, 0) is 21.2 Å². The lowest BCUT2D eigenvalue weighted by molar-refractivity contribution is -0.120. The van der Waals surface area contributed by atoms with Crippen molar-refractivity contribution in [1.29, 1.82) is 0 Å². The van der Waals surface area contributed by atoms with Gasteiger partial charge in [-0.1, -0.05) is 36.8 Å². The molecule has 3 rings (SSSR count). The van der Waals surface area contributed by atoms with Gasteiger partial charge in [0.2, 0.25) is 15.9 Å². The summed E-state index contributed by atoms with van der Waals surface area (Å²) >= 11 is 1.42. The summed E-state index contributed by atoms with van der Waals surface area (Å²) in [6.07, 6.45) is 4.22. The predicted molar refractivity (Wildman–Crippen MR) is 96.8 cm³/mol. The second kappa shape index (κ2) is 6.78. The van der Waals surface area contributed by atoms with Gasteiger partial charge in [0.05, 0.1) is 16.5 Å². The summed E-state index contributed by atoms with van der Waals surface area (Å²) in [6.45, 7) is 2.47. The molecule has 1 aromatic carbocycles. The highest BCUT2D eigenvalue weighted by molar-refractivity contribution is 7.88. The fourth-order valence-corrected chi connectivity index (χ4v) is 5.14. The van der Waals surface area contributed by atoms with Crippen LogP contribution in [0.5, 0.6) is 0 Å². The molecule has 0 spiro atoms. The lowest BCUT2D eigenvalue weighted by Gasteiger charge is -2.32. The van der Waals surface area contributed by atoms with Crippen molar-refractivity contribution < 1.29 is 13.2 Å². The molecule has 130 valence electrons. The van der Waals surface area contributed by atoms with Gasteiger partial charge in [0.25, 0.3) is 0 Å². The first-order valence-corrected chi connectivity index (χ1v) is 10.7. The maximum Gasteiger partial charge on any atom is 0.244 e. The zero-order valence-corrected chi connectivity index (χ0v) is 15.4. The molecule has 1 atom stereocenters. The van der Waals surface area contributed by atoms with E-state index in [4.69, 9.17) is 0 Å². The third-order valence-electron chi connectivity index (χ3n) is 4.30. The molecule has 8 heteroatoms. The lowest BCUT2D eigenvalue weighted by Crippen LogP contribution is -2.49. The van der Waals surface area contributed by atoms with Gasteiger partial charge in [-0.15, -0.1) is 0 Å². The van der Waals surface area contributed by atoms with E-state index in [1.54, 1.807) is 0 Å². The maximum atomic E-state index is 12.6. The summed E-state index contributed by atoms with van der Waals surface area (Å²) in [4.78, 5) is 17.1. The summed E-state index contributed by atoms with van der Waals surface area (Å²) in [5, 5.41) is 3.34. The number of piperidine rings is 1. The van der Waals surface area contributed by atoms with Gasteiger partial charge in [0.15, 0.2) is 5.13 Å². The normalized spacial score (nSPS) is 19.5. The van der Waals surface area contributed by atoms with Crippen molar-refractivity contribution in [2.24, 2.45) is 0 Å². The van der Waals surface area contributed by atoms with E-state index < -0.39 is 16.1 Å². The Morgan fingerprint density at radius 1 is 1.42 bits per heavy atom. The number of benzene rings is 1. The number of anilines is 1. The number of sulfonamides is 1. The number of carbonyl (C=O) groups excluding carboxylic acids is 1. The number of para-hydroxylation sites is 1. The molecule has 1 saturated heterocycles. The SMILES string of the molecule is CCc1cccc2sc(NC(=O)[C@H]3CCCCN3S(C)(=O)=O)nc12. The van der Waals surface area contributed by atoms with Crippen molar-refractivity contribution in [2.75, 3.05) is 18.1 Å². The zero-order valence-electron chi connectivity index (χ0n) is 13.8. The number of carbonyl (C=O) groups is 1. The van der Waals surface area contributed by atoms with Gasteiger partial charge in [0, 0.05) is 6.54 Å². The number of rotatable bonds is 4. The monoisotopic (exact) mass is 367 g/mol. The van der Waals surface area contributed by atoms with Crippen molar-refractivity contribution in [3.05, 3.63) is 23.8 Å². The number of nitrogens with one attached hydrogen (secondary N) is 1. The van der Waals surface area contributed by atoms with Crippen molar-refractivity contribution in [3.8, 4) is 0 Å². The molecule has 0 radical (unpaired) electrons. The van der Waals surface area contributed by atoms with Crippen LogP contribution in [0.2, 0.25) is 0 Å². The largest absolute Gasteiger partial charge is 0.301 e. The fraction of sp³-hybridized carbons (Fsp3) is 0.500. The molecule has 0 aliphatic carbocycles. The highest BCUT2D eigenvalue weighted by atomic mass is 32.2. The lowest BCUT2D eigenvalue weighted by atomic mass is 10.0. The van der Waals surface area contributed by atoms with E-state index in [9.17, 15) is 13.2 Å². The van der Waals surface area contributed by atoms with Crippen molar-refractivity contribution in [3.63, 3.8) is 0 Å². The number of hydrogen-bond acceptors (Lipinski definition) is 5. The molecule has 1 aliphatic rings. The van der Waals surface area contributed by atoms with Crippen LogP contribution in [0, 0.1) is 0 Å². The van der Waals surface area contributed by atoms with E-state index in [2.05, 4.69) is 17.2 Å². The Bertz CT molecular complexity index is 861. The van der Waals surface area contributed by atoms with Crippen molar-refractivity contribution in [1.82, 2.24) is 9.29 Å².